The van der Waals surface area contributed by atoms with Gasteiger partial charge < -0.3 is 96.8 Å². The number of aromatic hydroxyl groups is 1. The summed E-state index contributed by atoms with van der Waals surface area (Å²) < 4.78 is 16.9. The lowest BCUT2D eigenvalue weighted by molar-refractivity contribution is -0.433. The van der Waals surface area contributed by atoms with Crippen LogP contribution in [0.2, 0.25) is 0 Å². The van der Waals surface area contributed by atoms with E-state index in [1.807, 2.05) is 24.3 Å². The van der Waals surface area contributed by atoms with Crippen LogP contribution in [0.4, 0.5) is 0 Å². The van der Waals surface area contributed by atoms with E-state index in [-0.39, 0.29) is 23.5 Å². The maximum atomic E-state index is 14.7. The molecule has 16 N–H and O–H groups in total. The largest absolute Gasteiger partial charge is 0.504 e. The summed E-state index contributed by atoms with van der Waals surface area (Å²) in [6.07, 6.45) is -6.04. The number of aromatic nitrogens is 3. The number of phenolic OH excluding ortho intramolecular Hbond substituents is 1. The van der Waals surface area contributed by atoms with Crippen molar-refractivity contribution in [1.29, 1.82) is 0 Å². The van der Waals surface area contributed by atoms with Crippen LogP contribution in [0.5, 0.6) is 17.2 Å². The molecule has 0 aliphatic carbocycles. The molecule has 9 rings (SSSR count). The second kappa shape index (κ2) is 34.1. The molecule has 14 unspecified atom stereocenters. The first-order chi connectivity index (χ1) is 46.9. The van der Waals surface area contributed by atoms with Crippen LogP contribution >= 0.6 is 23.7 Å². The number of unbranched alkanes of at least 4 members (excludes halogenated alkanes) is 3. The second-order valence-electron chi connectivity index (χ2n) is 24.9. The van der Waals surface area contributed by atoms with Gasteiger partial charge in [0.15, 0.2) is 11.5 Å². The number of hydrogen-bond donors (Lipinski definition) is 15. The number of nitrogens with two attached hydrogens (primary N) is 1. The zero-order valence-corrected chi connectivity index (χ0v) is 55.2. The van der Waals surface area contributed by atoms with Crippen molar-refractivity contribution in [3.8, 4) is 39.1 Å². The highest BCUT2D eigenvalue weighted by Crippen LogP contribution is 2.35. The van der Waals surface area contributed by atoms with Crippen LogP contribution in [0, 0.1) is 5.92 Å². The highest BCUT2D eigenvalue weighted by atomic mass is 32.2. The first kappa shape index (κ1) is 74.1. The van der Waals surface area contributed by atoms with Crippen LogP contribution < -0.4 is 41.2 Å². The number of hydrogen-bond acceptors (Lipinski definition) is 26. The van der Waals surface area contributed by atoms with Gasteiger partial charge in [0.2, 0.25) is 46.3 Å². The summed E-state index contributed by atoms with van der Waals surface area (Å²) in [6, 6.07) is 4.38. The predicted molar refractivity (Wildman–Crippen MR) is 347 cm³/mol. The number of β-amino-alcohol motifs (C(OH)–C–C–N with tert-alkyl or cyclic N) is 1. The summed E-state index contributed by atoms with van der Waals surface area (Å²) in [5.41, 5.74) is 7.00. The lowest BCUT2D eigenvalue weighted by Crippen LogP contribution is -2.64. The van der Waals surface area contributed by atoms with E-state index >= 15 is 0 Å². The molecule has 0 saturated carbocycles. The SMILES string of the molecule is CC(O)C1NC(=O)C(NC(=O)c2ccc(-c3cn4nc(-c5ccc(OCCCCCCN6CCCCC6)cc5)sc4n3)cc2)CC(O)CNC(=O)C2C(O)C(C)CN2C(=O)C(C(O)CC(N)=O)NC(=O)C(C(O)C(O)c2ccc(O)c(OSOOO)c2)NC(=O)C2CC(O)CN2C1=O. The van der Waals surface area contributed by atoms with Gasteiger partial charge in [0, 0.05) is 55.1 Å². The molecule has 8 amide bonds. The lowest BCUT2D eigenvalue weighted by atomic mass is 9.96. The Balaban J connectivity index is 0.936. The molecule has 4 aliphatic heterocycles. The van der Waals surface area contributed by atoms with E-state index in [0.29, 0.717) is 22.8 Å². The number of primary amides is 1. The molecule has 2 aromatic heterocycles. The van der Waals surface area contributed by atoms with Gasteiger partial charge in [-0.2, -0.15) is 5.10 Å². The third-order valence-electron chi connectivity index (χ3n) is 17.6. The Labute approximate surface area is 569 Å². The minimum atomic E-state index is -2.53. The maximum absolute atomic E-state index is 14.7. The van der Waals surface area contributed by atoms with Crippen molar-refractivity contribution in [2.75, 3.05) is 45.9 Å². The Morgan fingerprint density at radius 1 is 0.786 bits per heavy atom. The molecule has 4 saturated heterocycles. The molecule has 4 aliphatic rings. The average Bonchev–Trinajstić information content (AvgIpc) is 1.62. The molecule has 6 heterocycles. The molecule has 532 valence electrons. The molecule has 0 radical (unpaired) electrons. The third-order valence-corrected chi connectivity index (χ3v) is 19.0. The van der Waals surface area contributed by atoms with Crippen molar-refractivity contribution < 1.29 is 103 Å². The number of carbonyl (C=O) groups excluding carboxylic acids is 8. The van der Waals surface area contributed by atoms with Crippen LogP contribution in [0.1, 0.15) is 100 Å². The van der Waals surface area contributed by atoms with Gasteiger partial charge in [0.1, 0.15) is 59.2 Å². The number of likely N-dealkylation sites (tertiary alicyclic amines) is 1. The fourth-order valence-corrected chi connectivity index (χ4v) is 13.4. The quantitative estimate of drug-likeness (QED) is 0.0160. The normalized spacial score (nSPS) is 25.4. The van der Waals surface area contributed by atoms with Crippen LogP contribution in [0.3, 0.4) is 0 Å². The Hall–Kier alpha value is -8.17. The minimum Gasteiger partial charge on any atom is -0.504 e. The van der Waals surface area contributed by atoms with Crippen molar-refractivity contribution >= 4 is 75.9 Å². The molecule has 5 aromatic rings. The Bertz CT molecular complexity index is 3570. The van der Waals surface area contributed by atoms with Gasteiger partial charge in [-0.1, -0.05) is 65.1 Å². The van der Waals surface area contributed by atoms with Crippen molar-refractivity contribution in [3.63, 3.8) is 0 Å². The van der Waals surface area contributed by atoms with Gasteiger partial charge in [-0.05, 0) is 106 Å². The number of rotatable bonds is 23. The first-order valence-corrected chi connectivity index (χ1v) is 33.6. The Kier molecular flexibility index (Phi) is 25.7. The van der Waals surface area contributed by atoms with E-state index in [2.05, 4.69) is 40.9 Å². The van der Waals surface area contributed by atoms with Crippen molar-refractivity contribution in [2.45, 2.75) is 157 Å². The smallest absolute Gasteiger partial charge is 0.261 e. The Morgan fingerprint density at radius 3 is 2.16 bits per heavy atom. The van der Waals surface area contributed by atoms with E-state index in [1.165, 1.54) is 82.1 Å². The number of ether oxygens (including phenoxy) is 1. The van der Waals surface area contributed by atoms with Gasteiger partial charge >= 0.3 is 0 Å². The molecule has 4 fully saturated rings. The summed E-state index contributed by atoms with van der Waals surface area (Å²) in [6.45, 7) is 4.92. The fourth-order valence-electron chi connectivity index (χ4n) is 12.3. The number of nitrogens with zero attached hydrogens (tertiary/aromatic N) is 6. The first-order valence-electron chi connectivity index (χ1n) is 32.1. The summed E-state index contributed by atoms with van der Waals surface area (Å²) in [7, 11) is 0. The summed E-state index contributed by atoms with van der Waals surface area (Å²) in [4.78, 5) is 123. The number of aliphatic hydroxyl groups is 7. The number of carbonyl (C=O) groups is 8. The number of piperidine rings is 1. The topological polar surface area (TPSA) is 482 Å². The third kappa shape index (κ3) is 18.6. The monoisotopic (exact) mass is 1410 g/mol. The zero-order valence-electron chi connectivity index (χ0n) is 53.5. The van der Waals surface area contributed by atoms with Crippen LogP contribution in [-0.2, 0) is 42.9 Å². The van der Waals surface area contributed by atoms with Crippen LogP contribution in [0.25, 0.3) is 26.8 Å². The summed E-state index contributed by atoms with van der Waals surface area (Å²) in [5, 5.41) is 120. The molecule has 98 heavy (non-hydrogen) atoms. The highest BCUT2D eigenvalue weighted by molar-refractivity contribution is 7.90. The molecule has 0 spiro atoms. The standard InChI is InChI=1S/C63H82N12O21S2/c1-32-29-74-51(52(32)82)59(89)65-28-38(77)25-41(66-55(85)35-12-10-34(11-13-35)42-31-75-63(67-42)97-60(71-75)36-14-17-40(18-15-36)93-23-9-4-3-6-20-72-21-7-5-8-22-72)56(86)68-48(33(2)76)61(90)73-30-39(78)26-43(73)57(87)70-50(58(88)69-49(62(74)91)45(80)27-47(64)81)54(84)53(83)37-16-19-44(79)46(24-37)94-98-96-95-92/h10-19,24,31-33,38-39,41,43,45,48-54,76-80,82-84,92H,3-9,20-23,25-30H2,1-2H3,(H2,64,81)(H,65,89)(H,66,85)(H,68,86)(H,69,88)(H,70,87). The van der Waals surface area contributed by atoms with Gasteiger partial charge in [-0.25, -0.2) is 14.8 Å². The number of phenols is 1. The fraction of sp³-hybridized carbons (Fsp3) is 0.524. The number of nitrogens with one attached hydrogen (secondary N) is 5. The van der Waals surface area contributed by atoms with Gasteiger partial charge in [-0.3, -0.25) is 38.4 Å². The van der Waals surface area contributed by atoms with Crippen molar-refractivity contribution in [3.05, 3.63) is 84.1 Å². The number of aliphatic hydroxyl groups excluding tert-OH is 7. The highest BCUT2D eigenvalue weighted by Gasteiger charge is 2.50. The molecule has 0 bridgehead atoms. The molecular weight excluding hydrogens is 1320 g/mol. The predicted octanol–water partition coefficient (Wildman–Crippen LogP) is -1.07. The van der Waals surface area contributed by atoms with Crippen molar-refractivity contribution in [1.82, 2.24) is 55.9 Å². The summed E-state index contributed by atoms with van der Waals surface area (Å²) >= 11 is 1.34. The molecule has 33 nitrogen and oxygen atoms in total. The molecule has 35 heteroatoms. The van der Waals surface area contributed by atoms with E-state index in [1.54, 1.807) is 22.8 Å². The molecule has 14 atom stereocenters. The Morgan fingerprint density at radius 2 is 1.47 bits per heavy atom. The van der Waals surface area contributed by atoms with E-state index in [9.17, 15) is 79.2 Å². The van der Waals surface area contributed by atoms with Gasteiger partial charge in [-0.15, -0.1) is 0 Å². The lowest BCUT2D eigenvalue weighted by Gasteiger charge is -2.34. The molecular formula is C63H82N12O21S2. The summed E-state index contributed by atoms with van der Waals surface area (Å²) in [5.74, 6) is -11.2. The van der Waals surface area contributed by atoms with E-state index < -0.39 is 183 Å². The number of amides is 8. The maximum Gasteiger partial charge on any atom is 0.261 e. The number of imidazole rings is 1. The van der Waals surface area contributed by atoms with Gasteiger partial charge in [0.05, 0.1) is 55.4 Å². The zero-order chi connectivity index (χ0) is 70.5. The van der Waals surface area contributed by atoms with E-state index in [0.717, 1.165) is 64.1 Å². The van der Waals surface area contributed by atoms with Crippen LogP contribution in [0.15, 0.2) is 72.9 Å². The molecule has 3 aromatic carbocycles. The number of benzene rings is 3. The minimum absolute atomic E-state index is 0.00933. The van der Waals surface area contributed by atoms with Crippen LogP contribution in [-0.4, -0.2) is 241 Å². The van der Waals surface area contributed by atoms with E-state index in [4.69, 9.17) is 30.0 Å². The number of fused-ring (bicyclic) bond motifs is 3. The average molecular weight is 1410 g/mol. The second-order valence-corrected chi connectivity index (χ2v) is 26.3. The van der Waals surface area contributed by atoms with Gasteiger partial charge in [0.25, 0.3) is 18.2 Å². The van der Waals surface area contributed by atoms with Crippen molar-refractivity contribution in [2.24, 2.45) is 11.7 Å².